The summed E-state index contributed by atoms with van der Waals surface area (Å²) in [4.78, 5) is 126. The quantitative estimate of drug-likeness (QED) is 0.0254. The highest BCUT2D eigenvalue weighted by atomic mass is 31.2. The maximum absolute atomic E-state index is 13.8. The first-order valence-corrected chi connectivity index (χ1v) is 45.0. The van der Waals surface area contributed by atoms with E-state index >= 15 is 0 Å². The fourth-order valence-corrected chi connectivity index (χ4v) is 17.9. The highest BCUT2D eigenvalue weighted by molar-refractivity contribution is 7.47. The second kappa shape index (κ2) is 45.2. The molecule has 758 valence electrons. The maximum atomic E-state index is 13.8. The molecule has 0 unspecified atom stereocenters. The molecule has 9 aliphatic heterocycles. The lowest BCUT2D eigenvalue weighted by molar-refractivity contribution is -0.405. The minimum Gasteiger partial charge on any atom is -0.477 e. The van der Waals surface area contributed by atoms with Crippen molar-refractivity contribution >= 4 is 49.1 Å². The van der Waals surface area contributed by atoms with Crippen molar-refractivity contribution in [2.24, 2.45) is 5.73 Å². The van der Waals surface area contributed by atoms with Crippen molar-refractivity contribution in [3.8, 4) is 0 Å². The topological polar surface area (TPSA) is 1040 Å². The van der Waals surface area contributed by atoms with Crippen molar-refractivity contribution in [1.82, 2.24) is 5.32 Å². The Bertz CT molecular complexity index is 3840. The number of hydrogen-bond acceptors (Lipinski definition) is 53. The van der Waals surface area contributed by atoms with Crippen LogP contribution in [0.2, 0.25) is 0 Å². The zero-order valence-electron chi connectivity index (χ0n) is 67.1. The van der Waals surface area contributed by atoms with Crippen molar-refractivity contribution in [2.75, 3.05) is 52.9 Å². The molecule has 130 heavy (non-hydrogen) atoms. The summed E-state index contributed by atoms with van der Waals surface area (Å²) < 4.78 is 174. The first-order chi connectivity index (χ1) is 60.4. The summed E-state index contributed by atoms with van der Waals surface area (Å²) in [5, 5.41) is 288. The largest absolute Gasteiger partial charge is 0.477 e. The van der Waals surface area contributed by atoms with Gasteiger partial charge in [0, 0.05) is 19.8 Å². The van der Waals surface area contributed by atoms with Gasteiger partial charge in [-0.3, -0.25) is 22.9 Å². The molecule has 9 heterocycles. The number of aliphatic hydroxyl groups excluding tert-OH is 23. The van der Waals surface area contributed by atoms with E-state index in [-0.39, 0.29) is 0 Å². The number of phosphoric ester groups is 4. The van der Waals surface area contributed by atoms with E-state index in [0.717, 1.165) is 13.8 Å². The number of ether oxygens (including phenoxy) is 17. The van der Waals surface area contributed by atoms with Crippen LogP contribution >= 0.6 is 31.3 Å². The minimum atomic E-state index is -6.75. The zero-order chi connectivity index (χ0) is 97.3. The van der Waals surface area contributed by atoms with E-state index in [2.05, 4.69) is 5.32 Å². The molecule has 9 rings (SSSR count). The summed E-state index contributed by atoms with van der Waals surface area (Å²) >= 11 is 0. The Morgan fingerprint density at radius 2 is 0.762 bits per heavy atom. The van der Waals surface area contributed by atoms with Gasteiger partial charge in [0.1, 0.15) is 207 Å². The Morgan fingerprint density at radius 1 is 0.385 bits per heavy atom. The molecule has 0 aromatic heterocycles. The van der Waals surface area contributed by atoms with E-state index in [9.17, 15) is 205 Å². The van der Waals surface area contributed by atoms with Gasteiger partial charge in [0.2, 0.25) is 5.91 Å². The van der Waals surface area contributed by atoms with Crippen LogP contribution in [0.25, 0.3) is 0 Å². The van der Waals surface area contributed by atoms with Crippen molar-refractivity contribution in [2.45, 2.75) is 314 Å². The van der Waals surface area contributed by atoms with Crippen molar-refractivity contribution in [1.29, 1.82) is 0 Å². The summed E-state index contributed by atoms with van der Waals surface area (Å²) in [6.45, 7) is -10.3. The Hall–Kier alpha value is -2.83. The average molecular weight is 2000 g/mol. The van der Waals surface area contributed by atoms with Crippen LogP contribution in [-0.4, -0.2) is 530 Å². The Kier molecular flexibility index (Phi) is 38.5. The van der Waals surface area contributed by atoms with E-state index < -0.39 is 402 Å². The van der Waals surface area contributed by atoms with Crippen molar-refractivity contribution < 1.29 is 303 Å². The molecule has 9 fully saturated rings. The number of amides is 1. The Balaban J connectivity index is 1.24. The van der Waals surface area contributed by atoms with E-state index in [1.54, 1.807) is 0 Å². The summed E-state index contributed by atoms with van der Waals surface area (Å²) in [5.41, 5.74) is 7.06. The van der Waals surface area contributed by atoms with Gasteiger partial charge in [0.25, 0.3) is 11.6 Å². The molecule has 0 aliphatic carbocycles. The Morgan fingerprint density at radius 3 is 1.22 bits per heavy atom. The third-order valence-corrected chi connectivity index (χ3v) is 24.1. The van der Waals surface area contributed by atoms with Crippen LogP contribution in [0.3, 0.4) is 0 Å². The van der Waals surface area contributed by atoms with Crippen molar-refractivity contribution in [3.63, 3.8) is 0 Å². The number of carbonyl (C=O) groups excluding carboxylic acids is 1. The van der Waals surface area contributed by atoms with Gasteiger partial charge in [-0.05, 0) is 6.92 Å². The van der Waals surface area contributed by atoms with Crippen LogP contribution in [0.15, 0.2) is 0 Å². The first kappa shape index (κ1) is 111. The zero-order valence-corrected chi connectivity index (χ0v) is 70.6. The van der Waals surface area contributed by atoms with Gasteiger partial charge in [0.15, 0.2) is 44.0 Å². The van der Waals surface area contributed by atoms with Gasteiger partial charge < -0.3 is 263 Å². The second-order valence-electron chi connectivity index (χ2n) is 31.2. The summed E-state index contributed by atoms with van der Waals surface area (Å²) in [6, 6.07) is -4.93. The predicted molar refractivity (Wildman–Crippen MR) is 387 cm³/mol. The third-order valence-electron chi connectivity index (χ3n) is 22.0. The number of carboxylic acid groups (broad SMARTS) is 2. The van der Waals surface area contributed by atoms with Gasteiger partial charge in [0.05, 0.1) is 77.2 Å². The standard InChI is InChI=1S/C62H108N2O62P4/c1-13-27(79)32(84)35(87)54(106-13)116-44-26(64-14(2)73)53(107-23(11-71)31(44)83)115-43-25(63)52(110-24(12-72)42(43)114-56-45(34(86)30(82)22(10-70)109-56)117-55-36(88)33(85)29(81)21(9-69)108-55)118-46-48(123-127(94,95)96)38(17(76)6-66)112-58(50(46)125-129(100,101)102)119-47-49(124-128(97,98)99)39(18(77)7-67)111-57(51(47)126-130(103,104)105)113-41-20(4-61(93,59(89)90)121-40(41)19(78)8-68)120-62(60(91)92)3-15(74)28(80)37(122-62)16(75)5-65/h13,15-58,65-72,74-88,93H,3-12,63H2,1-2H3,(H,64,73)(H,89,90)(H,91,92)(H2,94,95,96)(H2,97,98,99)(H2,100,101,102)(H2,103,104,105)/t13-,15+,16+,17-,18-,19+,20+,21+,22+,23+,24+,25+,26+,27-,28+,29+,30+,31+,32+,33-,34-,35+,36+,37+,38+,39+,40+,41+,42-,43+,44+,45+,46-,47-,48+,49+,50-,51-,52+,53+,54-,55-,56+,57+,58+,61+,62+/m0/s1. The number of aliphatic hydroxyl groups is 24. The molecule has 37 N–H and O–H groups in total. The lowest BCUT2D eigenvalue weighted by Crippen LogP contribution is -2.72. The highest BCUT2D eigenvalue weighted by Crippen LogP contribution is 2.53. The van der Waals surface area contributed by atoms with Crippen LogP contribution in [-0.2, 0) is 131 Å². The predicted octanol–water partition coefficient (Wildman–Crippen LogP) is -20.6. The molecule has 0 radical (unpaired) electrons. The van der Waals surface area contributed by atoms with Crippen LogP contribution in [0.1, 0.15) is 26.7 Å². The van der Waals surface area contributed by atoms with E-state index in [4.69, 9.17) is 104 Å². The number of hydrogen-bond donors (Lipinski definition) is 36. The molecule has 0 aromatic rings. The smallest absolute Gasteiger partial charge is 0.470 e. The normalized spacial score (nSPS) is 45.5. The lowest BCUT2D eigenvalue weighted by atomic mass is 9.89. The van der Waals surface area contributed by atoms with Crippen molar-refractivity contribution in [3.05, 3.63) is 0 Å². The minimum absolute atomic E-state index is 0.793. The average Bonchev–Trinajstić information content (AvgIpc) is 0.743. The van der Waals surface area contributed by atoms with Gasteiger partial charge in [-0.15, -0.1) is 0 Å². The third kappa shape index (κ3) is 25.7. The Labute approximate surface area is 728 Å². The first-order valence-electron chi connectivity index (χ1n) is 38.8. The molecule has 0 bridgehead atoms. The second-order valence-corrected chi connectivity index (χ2v) is 35.9. The van der Waals surface area contributed by atoms with E-state index in [1.165, 1.54) is 0 Å². The molecule has 0 saturated carbocycles. The fraction of sp³-hybridized carbons (Fsp3) is 0.952. The van der Waals surface area contributed by atoms with Crippen LogP contribution in [0.4, 0.5) is 0 Å². The molecule has 0 aromatic carbocycles. The van der Waals surface area contributed by atoms with Gasteiger partial charge in [-0.25, -0.2) is 27.8 Å². The van der Waals surface area contributed by atoms with Crippen LogP contribution < -0.4 is 11.1 Å². The van der Waals surface area contributed by atoms with Crippen LogP contribution in [0.5, 0.6) is 0 Å². The monoisotopic (exact) mass is 2000 g/mol. The number of nitrogens with two attached hydrogens (primary N) is 1. The fourth-order valence-electron chi connectivity index (χ4n) is 15.7. The number of aliphatic carboxylic acids is 2. The molecule has 9 aliphatic rings. The molecule has 9 saturated heterocycles. The number of carboxylic acids is 2. The van der Waals surface area contributed by atoms with Gasteiger partial charge in [-0.1, -0.05) is 0 Å². The van der Waals surface area contributed by atoms with Crippen LogP contribution in [0, 0.1) is 0 Å². The van der Waals surface area contributed by atoms with E-state index in [1.807, 2.05) is 0 Å². The molecule has 68 heteroatoms. The number of phosphoric acid groups is 4. The highest BCUT2D eigenvalue weighted by Gasteiger charge is 2.67. The SMILES string of the molecule is CC(=O)N[C@H]1[C@@H](O[C@@H]2[C@@H](N)[C@@H](O[C@H]3[C@H](OP(=O)(O)O)[C@@H]([C@@H](O)CO)O[C@H](O[C@H]4[C@H](OP(=O)(O)O)[C@@H]([C@@H](O)CO)O[C@H](O[C@H]5[C@@H]([C@H](O)CO)O[C@@](O)(C(=O)O)C[C@H]5O[C@]5(C(=O)O)C[C@@H](O)[C@@H](O)[C@@H]([C@H](O)CO)O5)[C@H]4OP(=O)(O)O)[C@H]3OP(=O)(O)O)O[C@H](CO)[C@@H]2O[C@H]2O[C@H](CO)[C@@H](O)[C@H](O)[C@H]2O[C@@H]2O[C@H](CO)[C@@H](O)[C@H](O)[C@H]2O)O[C@H](CO)[C@@H](O)[C@@H]1O[C@@H]1O[C@@H](C)[C@H](O)[C@@H](O)[C@H]1O. The van der Waals surface area contributed by atoms with E-state index in [0.29, 0.717) is 0 Å². The molecule has 0 spiro atoms. The molecular formula is C62H108N2O62P4. The molecule has 47 atom stereocenters. The van der Waals surface area contributed by atoms with Gasteiger partial charge >= 0.3 is 43.2 Å². The molecule has 1 amide bonds. The van der Waals surface area contributed by atoms with Gasteiger partial charge in [-0.2, -0.15) is 0 Å². The maximum Gasteiger partial charge on any atom is 0.470 e. The lowest BCUT2D eigenvalue weighted by Gasteiger charge is -2.53. The number of carbonyl (C=O) groups is 3. The molecular weight excluding hydrogens is 1890 g/mol. The number of nitrogens with one attached hydrogen (secondary N) is 1. The number of rotatable bonds is 39. The summed E-state index contributed by atoms with van der Waals surface area (Å²) in [6.07, 6.45) is -117. The molecule has 64 nitrogen and oxygen atoms in total. The summed E-state index contributed by atoms with van der Waals surface area (Å²) in [7, 11) is -26.6. The summed E-state index contributed by atoms with van der Waals surface area (Å²) in [5.74, 6) is -13.7.